The Balaban J connectivity index is 1.36. The Morgan fingerprint density at radius 3 is 2.57 bits per heavy atom. The van der Waals surface area contributed by atoms with Gasteiger partial charge in [-0.1, -0.05) is 32.0 Å². The third-order valence-corrected chi connectivity index (χ3v) is 6.16. The number of piperidine rings is 1. The van der Waals surface area contributed by atoms with Gasteiger partial charge in [0.1, 0.15) is 12.4 Å². The van der Waals surface area contributed by atoms with Crippen molar-refractivity contribution >= 4 is 12.0 Å². The Kier molecular flexibility index (Phi) is 5.79. The van der Waals surface area contributed by atoms with E-state index in [-0.39, 0.29) is 30.5 Å². The van der Waals surface area contributed by atoms with Crippen LogP contribution in [0.25, 0.3) is 11.5 Å². The lowest BCUT2D eigenvalue weighted by molar-refractivity contribution is -0.132. The number of hydrogen-bond acceptors (Lipinski definition) is 5. The summed E-state index contributed by atoms with van der Waals surface area (Å²) in [4.78, 5) is 33.4. The summed E-state index contributed by atoms with van der Waals surface area (Å²) < 4.78 is 11.1. The molecule has 2 aliphatic heterocycles. The predicted molar refractivity (Wildman–Crippen MR) is 112 cm³/mol. The highest BCUT2D eigenvalue weighted by Crippen LogP contribution is 2.28. The van der Waals surface area contributed by atoms with E-state index in [4.69, 9.17) is 9.15 Å². The molecule has 3 heterocycles. The highest BCUT2D eigenvalue weighted by molar-refractivity contribution is 5.79. The zero-order chi connectivity index (χ0) is 21.3. The number of hydrogen-bond donors (Lipinski definition) is 0. The maximum absolute atomic E-state index is 12.9. The van der Waals surface area contributed by atoms with Crippen LogP contribution in [0.4, 0.5) is 4.79 Å². The number of rotatable bonds is 5. The molecule has 2 saturated heterocycles. The van der Waals surface area contributed by atoms with E-state index in [2.05, 4.69) is 18.8 Å². The van der Waals surface area contributed by atoms with Gasteiger partial charge in [0, 0.05) is 24.7 Å². The maximum Gasteiger partial charge on any atom is 0.410 e. The topological polar surface area (TPSA) is 75.9 Å². The number of aromatic nitrogens is 1. The van der Waals surface area contributed by atoms with Crippen molar-refractivity contribution in [3.63, 3.8) is 0 Å². The summed E-state index contributed by atoms with van der Waals surface area (Å²) >= 11 is 0. The average Bonchev–Trinajstić information content (AvgIpc) is 3.31. The molecule has 1 aromatic carbocycles. The van der Waals surface area contributed by atoms with E-state index in [9.17, 15) is 9.59 Å². The monoisotopic (exact) mass is 411 g/mol. The van der Waals surface area contributed by atoms with E-state index in [1.807, 2.05) is 47.1 Å². The van der Waals surface area contributed by atoms with Gasteiger partial charge in [-0.2, -0.15) is 0 Å². The molecule has 1 atom stereocenters. The predicted octanol–water partition coefficient (Wildman–Crippen LogP) is 3.66. The Morgan fingerprint density at radius 2 is 1.90 bits per heavy atom. The number of benzene rings is 1. The van der Waals surface area contributed by atoms with Gasteiger partial charge in [0.25, 0.3) is 0 Å². The number of ether oxygens (including phenoxy) is 1. The summed E-state index contributed by atoms with van der Waals surface area (Å²) in [5, 5.41) is 0. The minimum absolute atomic E-state index is 0.0499. The van der Waals surface area contributed by atoms with Gasteiger partial charge in [0.2, 0.25) is 11.8 Å². The molecule has 2 fully saturated rings. The molecule has 7 nitrogen and oxygen atoms in total. The summed E-state index contributed by atoms with van der Waals surface area (Å²) in [6.45, 7) is 7.82. The van der Waals surface area contributed by atoms with E-state index in [1.54, 1.807) is 0 Å². The van der Waals surface area contributed by atoms with Gasteiger partial charge in [-0.25, -0.2) is 9.78 Å². The lowest BCUT2D eigenvalue weighted by Gasteiger charge is -2.38. The number of oxazole rings is 1. The maximum atomic E-state index is 12.9. The molecule has 2 aliphatic rings. The standard InChI is InChI=1S/C23H29N3O4/c1-15(2)20-14-29-23(28)26(20)18-9-11-25(12-10-18)21(27)13-19-16(3)30-22(24-19)17-7-5-4-6-8-17/h4-8,15,18,20H,9-14H2,1-3H3. The van der Waals surface area contributed by atoms with Crippen molar-refractivity contribution in [1.82, 2.24) is 14.8 Å². The molecule has 0 spiro atoms. The number of likely N-dealkylation sites (tertiary alicyclic amines) is 1. The number of carbonyl (C=O) groups excluding carboxylic acids is 2. The first-order valence-corrected chi connectivity index (χ1v) is 10.7. The smallest absolute Gasteiger partial charge is 0.410 e. The van der Waals surface area contributed by atoms with Crippen molar-refractivity contribution in [3.05, 3.63) is 41.8 Å². The number of carbonyl (C=O) groups is 2. The van der Waals surface area contributed by atoms with Crippen molar-refractivity contribution in [1.29, 1.82) is 0 Å². The zero-order valence-electron chi connectivity index (χ0n) is 17.8. The van der Waals surface area contributed by atoms with Gasteiger partial charge in [-0.05, 0) is 37.8 Å². The fourth-order valence-electron chi connectivity index (χ4n) is 4.33. The number of nitrogens with zero attached hydrogens (tertiary/aromatic N) is 3. The molecule has 1 unspecified atom stereocenters. The van der Waals surface area contributed by atoms with Crippen LogP contribution in [0.1, 0.15) is 38.1 Å². The second-order valence-corrected chi connectivity index (χ2v) is 8.47. The fraction of sp³-hybridized carbons (Fsp3) is 0.522. The first-order valence-electron chi connectivity index (χ1n) is 10.7. The van der Waals surface area contributed by atoms with Crippen LogP contribution >= 0.6 is 0 Å². The average molecular weight is 412 g/mol. The second kappa shape index (κ2) is 8.50. The Morgan fingerprint density at radius 1 is 1.20 bits per heavy atom. The van der Waals surface area contributed by atoms with Crippen LogP contribution in [0.5, 0.6) is 0 Å². The van der Waals surface area contributed by atoms with Crippen LogP contribution in [0.3, 0.4) is 0 Å². The molecule has 1 aromatic heterocycles. The molecular weight excluding hydrogens is 382 g/mol. The summed E-state index contributed by atoms with van der Waals surface area (Å²) in [7, 11) is 0. The van der Waals surface area contributed by atoms with Crippen LogP contribution in [0, 0.1) is 12.8 Å². The van der Waals surface area contributed by atoms with Crippen LogP contribution in [-0.4, -0.2) is 58.6 Å². The number of cyclic esters (lactones) is 1. The molecule has 4 rings (SSSR count). The minimum atomic E-state index is -0.217. The quantitative estimate of drug-likeness (QED) is 0.751. The SMILES string of the molecule is Cc1oc(-c2ccccc2)nc1CC(=O)N1CCC(N2C(=O)OCC2C(C)C)CC1. The van der Waals surface area contributed by atoms with E-state index in [0.717, 1.165) is 18.4 Å². The van der Waals surface area contributed by atoms with Crippen LogP contribution in [0.15, 0.2) is 34.7 Å². The molecule has 0 radical (unpaired) electrons. The molecule has 0 N–H and O–H groups in total. The van der Waals surface area contributed by atoms with Gasteiger partial charge in [-0.3, -0.25) is 9.69 Å². The van der Waals surface area contributed by atoms with Crippen LogP contribution in [-0.2, 0) is 16.0 Å². The normalized spacial score (nSPS) is 20.1. The third kappa shape index (κ3) is 4.06. The Hall–Kier alpha value is -2.83. The highest BCUT2D eigenvalue weighted by atomic mass is 16.6. The van der Waals surface area contributed by atoms with Crippen LogP contribution < -0.4 is 0 Å². The van der Waals surface area contributed by atoms with Crippen LogP contribution in [0.2, 0.25) is 0 Å². The minimum Gasteiger partial charge on any atom is -0.447 e. The molecule has 2 amide bonds. The van der Waals surface area contributed by atoms with E-state index < -0.39 is 0 Å². The van der Waals surface area contributed by atoms with Gasteiger partial charge >= 0.3 is 6.09 Å². The molecule has 30 heavy (non-hydrogen) atoms. The highest BCUT2D eigenvalue weighted by Gasteiger charge is 2.41. The second-order valence-electron chi connectivity index (χ2n) is 8.47. The van der Waals surface area contributed by atoms with E-state index >= 15 is 0 Å². The third-order valence-electron chi connectivity index (χ3n) is 6.16. The molecule has 2 aromatic rings. The Bertz CT molecular complexity index is 900. The first kappa shape index (κ1) is 20.4. The zero-order valence-corrected chi connectivity index (χ0v) is 17.8. The summed E-state index contributed by atoms with van der Waals surface area (Å²) in [5.41, 5.74) is 1.58. The molecular formula is C23H29N3O4. The lowest BCUT2D eigenvalue weighted by atomic mass is 9.97. The largest absolute Gasteiger partial charge is 0.447 e. The van der Waals surface area contributed by atoms with Gasteiger partial charge < -0.3 is 14.1 Å². The summed E-state index contributed by atoms with van der Waals surface area (Å²) in [6, 6.07) is 9.95. The van der Waals surface area contributed by atoms with Crippen molar-refractivity contribution in [3.8, 4) is 11.5 Å². The summed E-state index contributed by atoms with van der Waals surface area (Å²) in [6.07, 6.45) is 1.56. The van der Waals surface area contributed by atoms with Crippen molar-refractivity contribution in [2.75, 3.05) is 19.7 Å². The van der Waals surface area contributed by atoms with Crippen molar-refractivity contribution < 1.29 is 18.7 Å². The Labute approximate surface area is 177 Å². The molecule has 0 aliphatic carbocycles. The van der Waals surface area contributed by atoms with E-state index in [0.29, 0.717) is 43.0 Å². The van der Waals surface area contributed by atoms with Gasteiger partial charge in [0.15, 0.2) is 0 Å². The van der Waals surface area contributed by atoms with E-state index in [1.165, 1.54) is 0 Å². The summed E-state index contributed by atoms with van der Waals surface area (Å²) in [5.74, 6) is 1.62. The van der Waals surface area contributed by atoms with Gasteiger partial charge in [-0.15, -0.1) is 0 Å². The number of amides is 2. The first-order chi connectivity index (χ1) is 14.4. The fourth-order valence-corrected chi connectivity index (χ4v) is 4.33. The molecule has 0 bridgehead atoms. The molecule has 160 valence electrons. The number of aryl methyl sites for hydroxylation is 1. The molecule has 0 saturated carbocycles. The van der Waals surface area contributed by atoms with Gasteiger partial charge in [0.05, 0.1) is 18.2 Å². The van der Waals surface area contributed by atoms with Crippen molar-refractivity contribution in [2.24, 2.45) is 5.92 Å². The molecule has 7 heteroatoms. The lowest BCUT2D eigenvalue weighted by Crippen LogP contribution is -2.51. The van der Waals surface area contributed by atoms with Crippen molar-refractivity contribution in [2.45, 2.75) is 52.1 Å².